The van der Waals surface area contributed by atoms with E-state index in [-0.39, 0.29) is 5.41 Å². The van der Waals surface area contributed by atoms with Crippen molar-refractivity contribution >= 4 is 11.5 Å². The molecule has 0 amide bonds. The monoisotopic (exact) mass is 437 g/mol. The molecule has 1 heterocycles. The van der Waals surface area contributed by atoms with E-state index in [2.05, 4.69) is 122 Å². The van der Waals surface area contributed by atoms with Gasteiger partial charge >= 0.3 is 0 Å². The molecular formula is C30H35N3. The van der Waals surface area contributed by atoms with Crippen LogP contribution in [0.15, 0.2) is 107 Å². The fourth-order valence-electron chi connectivity index (χ4n) is 4.16. The molecule has 3 heteroatoms. The van der Waals surface area contributed by atoms with Crippen LogP contribution in [0.3, 0.4) is 0 Å². The van der Waals surface area contributed by atoms with Crippen molar-refractivity contribution in [3.63, 3.8) is 0 Å². The summed E-state index contributed by atoms with van der Waals surface area (Å²) in [4.78, 5) is 4.57. The SMILES string of the molecule is C=C(NC1=NCC(C(C)(C)C)=C1)Nc1ccc(CCC2=CCC(c3ccccc3)C=C2)cc1. The predicted octanol–water partition coefficient (Wildman–Crippen LogP) is 7.15. The average molecular weight is 438 g/mol. The number of hydrogen-bond acceptors (Lipinski definition) is 3. The lowest BCUT2D eigenvalue weighted by molar-refractivity contribution is 0.499. The Bertz CT molecular complexity index is 1090. The summed E-state index contributed by atoms with van der Waals surface area (Å²) in [5, 5.41) is 6.62. The third-order valence-electron chi connectivity index (χ3n) is 6.33. The van der Waals surface area contributed by atoms with E-state index >= 15 is 0 Å². The molecule has 0 spiro atoms. The zero-order valence-electron chi connectivity index (χ0n) is 20.1. The van der Waals surface area contributed by atoms with Crippen molar-refractivity contribution in [3.8, 4) is 0 Å². The third kappa shape index (κ3) is 6.35. The highest BCUT2D eigenvalue weighted by atomic mass is 15.1. The van der Waals surface area contributed by atoms with Crippen LogP contribution in [0.2, 0.25) is 0 Å². The first-order valence-corrected chi connectivity index (χ1v) is 11.9. The lowest BCUT2D eigenvalue weighted by atomic mass is 9.87. The minimum atomic E-state index is 0.143. The number of anilines is 1. The Morgan fingerprint density at radius 1 is 1.00 bits per heavy atom. The van der Waals surface area contributed by atoms with Crippen LogP contribution < -0.4 is 10.6 Å². The Morgan fingerprint density at radius 3 is 2.39 bits per heavy atom. The summed E-state index contributed by atoms with van der Waals surface area (Å²) in [5.74, 6) is 2.11. The smallest absolute Gasteiger partial charge is 0.126 e. The van der Waals surface area contributed by atoms with Gasteiger partial charge in [-0.3, -0.25) is 4.99 Å². The van der Waals surface area contributed by atoms with E-state index in [1.54, 1.807) is 0 Å². The fourth-order valence-corrected chi connectivity index (χ4v) is 4.16. The molecule has 0 fully saturated rings. The van der Waals surface area contributed by atoms with Gasteiger partial charge in [-0.25, -0.2) is 0 Å². The highest BCUT2D eigenvalue weighted by Gasteiger charge is 2.21. The summed E-state index contributed by atoms with van der Waals surface area (Å²) in [6, 6.07) is 19.4. The summed E-state index contributed by atoms with van der Waals surface area (Å²) < 4.78 is 0. The number of nitrogens with one attached hydrogen (secondary N) is 2. The number of aryl methyl sites for hydroxylation is 1. The van der Waals surface area contributed by atoms with E-state index in [1.165, 1.54) is 22.3 Å². The molecule has 0 saturated carbocycles. The van der Waals surface area contributed by atoms with E-state index in [9.17, 15) is 0 Å². The Morgan fingerprint density at radius 2 is 1.76 bits per heavy atom. The van der Waals surface area contributed by atoms with Crippen LogP contribution in [0.25, 0.3) is 0 Å². The van der Waals surface area contributed by atoms with E-state index < -0.39 is 0 Å². The quantitative estimate of drug-likeness (QED) is 0.483. The molecular weight excluding hydrogens is 402 g/mol. The first kappa shape index (κ1) is 22.8. The van der Waals surface area contributed by atoms with Gasteiger partial charge in [0.1, 0.15) is 11.7 Å². The Balaban J connectivity index is 1.23. The summed E-state index contributed by atoms with van der Waals surface area (Å²) in [6.07, 6.45) is 12.4. The van der Waals surface area contributed by atoms with Crippen LogP contribution in [-0.4, -0.2) is 12.4 Å². The second-order valence-corrected chi connectivity index (χ2v) is 9.94. The second-order valence-electron chi connectivity index (χ2n) is 9.94. The number of aliphatic imine (C=N–C) groups is 1. The summed E-state index contributed by atoms with van der Waals surface area (Å²) in [6.45, 7) is 11.5. The number of allylic oxidation sites excluding steroid dienone is 4. The summed E-state index contributed by atoms with van der Waals surface area (Å²) in [5.41, 5.74) is 6.68. The van der Waals surface area contributed by atoms with Crippen LogP contribution in [0.5, 0.6) is 0 Å². The summed E-state index contributed by atoms with van der Waals surface area (Å²) >= 11 is 0. The van der Waals surface area contributed by atoms with Crippen molar-refractivity contribution in [1.82, 2.24) is 5.32 Å². The van der Waals surface area contributed by atoms with Gasteiger partial charge in [0, 0.05) is 11.6 Å². The van der Waals surface area contributed by atoms with Crippen molar-refractivity contribution in [1.29, 1.82) is 0 Å². The lowest BCUT2D eigenvalue weighted by Crippen LogP contribution is -2.24. The van der Waals surface area contributed by atoms with E-state index in [1.807, 2.05) is 0 Å². The summed E-state index contributed by atoms with van der Waals surface area (Å²) in [7, 11) is 0. The van der Waals surface area contributed by atoms with Crippen LogP contribution in [0.1, 0.15) is 50.7 Å². The lowest BCUT2D eigenvalue weighted by Gasteiger charge is -2.18. The molecule has 2 N–H and O–H groups in total. The Kier molecular flexibility index (Phi) is 6.98. The normalized spacial score (nSPS) is 17.8. The number of benzene rings is 2. The van der Waals surface area contributed by atoms with Crippen molar-refractivity contribution in [3.05, 3.63) is 114 Å². The van der Waals surface area contributed by atoms with Gasteiger partial charge in [0.25, 0.3) is 0 Å². The van der Waals surface area contributed by atoms with Gasteiger partial charge in [-0.1, -0.05) is 93.6 Å². The fraction of sp³-hybridized carbons (Fsp3) is 0.300. The van der Waals surface area contributed by atoms with Crippen LogP contribution in [-0.2, 0) is 6.42 Å². The van der Waals surface area contributed by atoms with Crippen molar-refractivity contribution in [2.75, 3.05) is 11.9 Å². The molecule has 4 rings (SSSR count). The molecule has 0 aromatic heterocycles. The van der Waals surface area contributed by atoms with Crippen LogP contribution >= 0.6 is 0 Å². The van der Waals surface area contributed by atoms with Gasteiger partial charge in [-0.2, -0.15) is 0 Å². The van der Waals surface area contributed by atoms with Crippen molar-refractivity contribution in [2.45, 2.75) is 46.0 Å². The van der Waals surface area contributed by atoms with Crippen molar-refractivity contribution < 1.29 is 0 Å². The highest BCUT2D eigenvalue weighted by Crippen LogP contribution is 2.29. The predicted molar refractivity (Wildman–Crippen MR) is 142 cm³/mol. The molecule has 0 radical (unpaired) electrons. The minimum Gasteiger partial charge on any atom is -0.342 e. The third-order valence-corrected chi connectivity index (χ3v) is 6.33. The number of rotatable bonds is 7. The maximum atomic E-state index is 4.57. The van der Waals surface area contributed by atoms with Gasteiger partial charge in [-0.05, 0) is 59.6 Å². The van der Waals surface area contributed by atoms with E-state index in [4.69, 9.17) is 0 Å². The van der Waals surface area contributed by atoms with Gasteiger partial charge in [-0.15, -0.1) is 0 Å². The number of amidine groups is 1. The molecule has 33 heavy (non-hydrogen) atoms. The molecule has 1 unspecified atom stereocenters. The van der Waals surface area contributed by atoms with Gasteiger partial charge in [0.2, 0.25) is 0 Å². The van der Waals surface area contributed by atoms with E-state index in [0.29, 0.717) is 5.92 Å². The van der Waals surface area contributed by atoms with Crippen molar-refractivity contribution in [2.24, 2.45) is 10.4 Å². The number of nitrogens with zero attached hydrogens (tertiary/aromatic N) is 1. The zero-order chi connectivity index (χ0) is 23.3. The van der Waals surface area contributed by atoms with Gasteiger partial charge in [0.05, 0.1) is 6.54 Å². The molecule has 1 aliphatic heterocycles. The van der Waals surface area contributed by atoms with E-state index in [0.717, 1.165) is 43.2 Å². The molecule has 3 nitrogen and oxygen atoms in total. The number of hydrogen-bond donors (Lipinski definition) is 2. The second kappa shape index (κ2) is 10.1. The topological polar surface area (TPSA) is 36.4 Å². The first-order chi connectivity index (χ1) is 15.9. The molecule has 1 aliphatic carbocycles. The maximum absolute atomic E-state index is 4.57. The van der Waals surface area contributed by atoms with Crippen LogP contribution in [0.4, 0.5) is 5.69 Å². The molecule has 0 saturated heterocycles. The van der Waals surface area contributed by atoms with Gasteiger partial charge in [0.15, 0.2) is 0 Å². The average Bonchev–Trinajstić information content (AvgIpc) is 3.28. The molecule has 1 atom stereocenters. The van der Waals surface area contributed by atoms with Gasteiger partial charge < -0.3 is 10.6 Å². The van der Waals surface area contributed by atoms with Crippen LogP contribution in [0, 0.1) is 5.41 Å². The molecule has 0 bridgehead atoms. The Labute approximate surface area is 198 Å². The molecule has 2 aromatic rings. The standard InChI is InChI=1S/C30H35N3/c1-22(33-29-20-27(21-31-29)30(2,3)4)32-28-18-14-24(15-19-28)11-10-23-12-16-26(17-13-23)25-8-6-5-7-9-25/h5-9,12-16,18-20,26,32H,1,10-11,17,21H2,2-4H3,(H,31,33). The minimum absolute atomic E-state index is 0.143. The first-order valence-electron chi connectivity index (χ1n) is 11.9. The largest absolute Gasteiger partial charge is 0.342 e. The Hall–Kier alpha value is -3.33. The molecule has 2 aliphatic rings. The maximum Gasteiger partial charge on any atom is 0.126 e. The molecule has 170 valence electrons. The molecule has 2 aromatic carbocycles. The highest BCUT2D eigenvalue weighted by molar-refractivity contribution is 5.97. The zero-order valence-corrected chi connectivity index (χ0v) is 20.1.